The van der Waals surface area contributed by atoms with Crippen molar-refractivity contribution in [2.75, 3.05) is 7.11 Å². The van der Waals surface area contributed by atoms with Crippen molar-refractivity contribution in [2.24, 2.45) is 0 Å². The Hall–Kier alpha value is -3.20. The maximum atomic E-state index is 13.6. The third-order valence-electron chi connectivity index (χ3n) is 3.90. The molecule has 3 aromatic rings. The van der Waals surface area contributed by atoms with Crippen LogP contribution >= 0.6 is 11.6 Å². The van der Waals surface area contributed by atoms with E-state index in [1.807, 2.05) is 0 Å². The molecule has 0 aliphatic heterocycles. The van der Waals surface area contributed by atoms with E-state index in [1.54, 1.807) is 0 Å². The minimum atomic E-state index is -5.02. The van der Waals surface area contributed by atoms with Gasteiger partial charge in [0.15, 0.2) is 0 Å². The third kappa shape index (κ3) is 4.51. The SMILES string of the molecule is COc1ccc(Oc2c(C(F)(F)F)oc3cc(OC(=O)C(C)Cl)ccc3c2=O)cc1. The average Bonchev–Trinajstić information content (AvgIpc) is 2.69. The fourth-order valence-corrected chi connectivity index (χ4v) is 2.50. The zero-order valence-corrected chi connectivity index (χ0v) is 16.3. The molecule has 1 atom stereocenters. The molecule has 1 unspecified atom stereocenters. The minimum absolute atomic E-state index is 0.0189. The van der Waals surface area contributed by atoms with Crippen LogP contribution < -0.4 is 19.6 Å². The second-order valence-electron chi connectivity index (χ2n) is 6.06. The van der Waals surface area contributed by atoms with Gasteiger partial charge in [0.05, 0.1) is 12.5 Å². The molecule has 0 radical (unpaired) electrons. The van der Waals surface area contributed by atoms with E-state index in [0.29, 0.717) is 5.75 Å². The number of rotatable bonds is 5. The quantitative estimate of drug-likeness (QED) is 0.309. The molecule has 2 aromatic carbocycles. The largest absolute Gasteiger partial charge is 0.497 e. The van der Waals surface area contributed by atoms with Crippen molar-refractivity contribution in [3.63, 3.8) is 0 Å². The zero-order chi connectivity index (χ0) is 22.1. The van der Waals surface area contributed by atoms with Crippen LogP contribution in [-0.2, 0) is 11.0 Å². The molecule has 0 spiro atoms. The van der Waals surface area contributed by atoms with Crippen LogP contribution in [0.4, 0.5) is 13.2 Å². The fraction of sp³-hybridized carbons (Fsp3) is 0.200. The van der Waals surface area contributed by atoms with Crippen molar-refractivity contribution in [2.45, 2.75) is 18.5 Å². The highest BCUT2D eigenvalue weighted by molar-refractivity contribution is 6.29. The van der Waals surface area contributed by atoms with Gasteiger partial charge in [-0.3, -0.25) is 9.59 Å². The van der Waals surface area contributed by atoms with Gasteiger partial charge in [-0.25, -0.2) is 0 Å². The number of benzene rings is 2. The first-order chi connectivity index (χ1) is 14.1. The van der Waals surface area contributed by atoms with E-state index < -0.39 is 40.0 Å². The smallest absolute Gasteiger partial charge is 0.453 e. The maximum absolute atomic E-state index is 13.6. The second kappa shape index (κ2) is 8.27. The van der Waals surface area contributed by atoms with Crippen molar-refractivity contribution in [3.8, 4) is 23.0 Å². The Bertz CT molecular complexity index is 1140. The summed E-state index contributed by atoms with van der Waals surface area (Å²) in [5, 5.41) is -1.16. The molecule has 1 heterocycles. The molecule has 0 fully saturated rings. The van der Waals surface area contributed by atoms with Gasteiger partial charge in [-0.05, 0) is 43.3 Å². The minimum Gasteiger partial charge on any atom is -0.497 e. The zero-order valence-electron chi connectivity index (χ0n) is 15.6. The van der Waals surface area contributed by atoms with E-state index in [0.717, 1.165) is 6.07 Å². The number of hydrogen-bond donors (Lipinski definition) is 0. The summed E-state index contributed by atoms with van der Waals surface area (Å²) in [6.45, 7) is 1.37. The van der Waals surface area contributed by atoms with Gasteiger partial charge in [0, 0.05) is 6.07 Å². The van der Waals surface area contributed by atoms with E-state index in [9.17, 15) is 22.8 Å². The highest BCUT2D eigenvalue weighted by Gasteiger charge is 2.40. The number of methoxy groups -OCH3 is 1. The van der Waals surface area contributed by atoms with Crippen molar-refractivity contribution in [1.29, 1.82) is 0 Å². The summed E-state index contributed by atoms with van der Waals surface area (Å²) in [6.07, 6.45) is -5.02. The summed E-state index contributed by atoms with van der Waals surface area (Å²) < 4.78 is 60.7. The van der Waals surface area contributed by atoms with Gasteiger partial charge in [-0.2, -0.15) is 13.2 Å². The summed E-state index contributed by atoms with van der Waals surface area (Å²) in [6, 6.07) is 9.02. The number of carbonyl (C=O) groups excluding carboxylic acids is 1. The molecule has 0 N–H and O–H groups in total. The van der Waals surface area contributed by atoms with Crippen LogP contribution in [0.5, 0.6) is 23.0 Å². The molecule has 3 rings (SSSR count). The molecule has 30 heavy (non-hydrogen) atoms. The van der Waals surface area contributed by atoms with Crippen molar-refractivity contribution in [1.82, 2.24) is 0 Å². The van der Waals surface area contributed by atoms with Gasteiger partial charge >= 0.3 is 12.1 Å². The molecule has 10 heteroatoms. The predicted octanol–water partition coefficient (Wildman–Crippen LogP) is 5.15. The van der Waals surface area contributed by atoms with E-state index in [-0.39, 0.29) is 16.9 Å². The van der Waals surface area contributed by atoms with Gasteiger partial charge in [0.1, 0.15) is 28.2 Å². The number of alkyl halides is 4. The van der Waals surface area contributed by atoms with Gasteiger partial charge < -0.3 is 18.6 Å². The number of esters is 1. The van der Waals surface area contributed by atoms with E-state index in [4.69, 9.17) is 30.2 Å². The van der Waals surface area contributed by atoms with Crippen molar-refractivity contribution >= 4 is 28.5 Å². The monoisotopic (exact) mass is 442 g/mol. The van der Waals surface area contributed by atoms with Gasteiger partial charge in [-0.15, -0.1) is 11.6 Å². The summed E-state index contributed by atoms with van der Waals surface area (Å²) >= 11 is 5.60. The summed E-state index contributed by atoms with van der Waals surface area (Å²) in [5.41, 5.74) is -1.47. The molecule has 0 saturated carbocycles. The third-order valence-corrected chi connectivity index (χ3v) is 4.08. The van der Waals surface area contributed by atoms with Crippen LogP contribution in [0.25, 0.3) is 11.0 Å². The summed E-state index contributed by atoms with van der Waals surface area (Å²) in [5.74, 6) is -3.13. The Balaban J connectivity index is 2.10. The normalized spacial score (nSPS) is 12.5. The standard InChI is InChI=1S/C20H14ClF3O6/c1-10(21)19(26)29-13-7-8-14-15(9-13)30-18(20(22,23)24)17(16(14)25)28-12-5-3-11(27-2)4-6-12/h3-10H,1-2H3. The number of ether oxygens (including phenoxy) is 3. The predicted molar refractivity (Wildman–Crippen MR) is 102 cm³/mol. The van der Waals surface area contributed by atoms with Crippen LogP contribution in [0, 0.1) is 0 Å². The highest BCUT2D eigenvalue weighted by Crippen LogP contribution is 2.38. The molecule has 158 valence electrons. The number of fused-ring (bicyclic) bond motifs is 1. The Labute approximate surface area is 172 Å². The lowest BCUT2D eigenvalue weighted by molar-refractivity contribution is -0.154. The van der Waals surface area contributed by atoms with Crippen LogP contribution in [-0.4, -0.2) is 18.5 Å². The summed E-state index contributed by atoms with van der Waals surface area (Å²) in [4.78, 5) is 24.3. The lowest BCUT2D eigenvalue weighted by Gasteiger charge is -2.14. The molecule has 0 saturated heterocycles. The lowest BCUT2D eigenvalue weighted by Crippen LogP contribution is -2.18. The Morgan fingerprint density at radius 1 is 1.07 bits per heavy atom. The first kappa shape index (κ1) is 21.5. The molecule has 0 bridgehead atoms. The van der Waals surface area contributed by atoms with E-state index in [1.165, 1.54) is 50.4 Å². The van der Waals surface area contributed by atoms with Gasteiger partial charge in [0.2, 0.25) is 11.2 Å². The van der Waals surface area contributed by atoms with E-state index >= 15 is 0 Å². The van der Waals surface area contributed by atoms with Gasteiger partial charge in [0.25, 0.3) is 5.76 Å². The molecule has 1 aromatic heterocycles. The molecular formula is C20H14ClF3O6. The second-order valence-corrected chi connectivity index (χ2v) is 6.71. The fourth-order valence-electron chi connectivity index (χ4n) is 2.46. The van der Waals surface area contributed by atoms with E-state index in [2.05, 4.69) is 0 Å². The van der Waals surface area contributed by atoms with Crippen LogP contribution in [0.15, 0.2) is 51.7 Å². The van der Waals surface area contributed by atoms with Crippen LogP contribution in [0.1, 0.15) is 12.7 Å². The highest BCUT2D eigenvalue weighted by atomic mass is 35.5. The van der Waals surface area contributed by atoms with Crippen LogP contribution in [0.2, 0.25) is 0 Å². The number of hydrogen-bond acceptors (Lipinski definition) is 6. The van der Waals surface area contributed by atoms with Gasteiger partial charge in [-0.1, -0.05) is 0 Å². The number of carbonyl (C=O) groups is 1. The maximum Gasteiger partial charge on any atom is 0.453 e. The molecule has 6 nitrogen and oxygen atoms in total. The summed E-state index contributed by atoms with van der Waals surface area (Å²) in [7, 11) is 1.43. The van der Waals surface area contributed by atoms with Crippen molar-refractivity contribution < 1.29 is 36.6 Å². The average molecular weight is 443 g/mol. The first-order valence-corrected chi connectivity index (χ1v) is 8.89. The molecule has 0 aliphatic carbocycles. The Kier molecular flexibility index (Phi) is 5.93. The lowest BCUT2D eigenvalue weighted by atomic mass is 10.2. The topological polar surface area (TPSA) is 75.0 Å². The van der Waals surface area contributed by atoms with Crippen molar-refractivity contribution in [3.05, 3.63) is 58.4 Å². The van der Waals surface area contributed by atoms with Crippen LogP contribution in [0.3, 0.4) is 0 Å². The molecular weight excluding hydrogens is 429 g/mol. The Morgan fingerprint density at radius 2 is 1.67 bits per heavy atom. The molecule has 0 aliphatic rings. The Morgan fingerprint density at radius 3 is 2.23 bits per heavy atom. The molecule has 0 amide bonds. The first-order valence-electron chi connectivity index (χ1n) is 8.46. The number of halogens is 4.